The number of hydrogen-bond acceptors (Lipinski definition) is 2. The van der Waals surface area contributed by atoms with Crippen molar-refractivity contribution in [3.63, 3.8) is 0 Å². The number of methoxy groups -OCH3 is 1. The monoisotopic (exact) mass is 338 g/mol. The first-order chi connectivity index (χ1) is 12.7. The van der Waals surface area contributed by atoms with Crippen LogP contribution in [-0.4, -0.2) is 12.2 Å². The quantitative estimate of drug-likeness (QED) is 0.716. The highest BCUT2D eigenvalue weighted by Crippen LogP contribution is 2.29. The van der Waals surface area contributed by atoms with E-state index in [1.807, 2.05) is 72.8 Å². The summed E-state index contributed by atoms with van der Waals surface area (Å²) in [5.74, 6) is 12.4. The maximum absolute atomic E-state index is 11.3. The molecule has 126 valence electrons. The van der Waals surface area contributed by atoms with E-state index in [1.54, 1.807) is 19.2 Å². The van der Waals surface area contributed by atoms with E-state index < -0.39 is 5.60 Å². The van der Waals surface area contributed by atoms with Crippen LogP contribution in [0.1, 0.15) is 16.7 Å². The van der Waals surface area contributed by atoms with Crippen LogP contribution < -0.4 is 4.74 Å². The molecule has 3 aromatic rings. The topological polar surface area (TPSA) is 29.5 Å². The third-order valence-corrected chi connectivity index (χ3v) is 3.82. The SMILES string of the molecule is COc1ccccc1C(O)(C#Cc1ccccc1)C#Cc1ccccc1. The summed E-state index contributed by atoms with van der Waals surface area (Å²) in [7, 11) is 1.56. The van der Waals surface area contributed by atoms with Crippen molar-refractivity contribution >= 4 is 0 Å². The molecule has 0 saturated heterocycles. The second-order valence-electron chi connectivity index (χ2n) is 5.64. The first-order valence-electron chi connectivity index (χ1n) is 8.23. The van der Waals surface area contributed by atoms with Crippen molar-refractivity contribution in [1.82, 2.24) is 0 Å². The van der Waals surface area contributed by atoms with Gasteiger partial charge in [0.25, 0.3) is 0 Å². The van der Waals surface area contributed by atoms with Gasteiger partial charge in [-0.05, 0) is 42.2 Å². The van der Waals surface area contributed by atoms with Gasteiger partial charge in [-0.2, -0.15) is 0 Å². The van der Waals surface area contributed by atoms with Crippen LogP contribution in [0.15, 0.2) is 84.9 Å². The number of benzene rings is 3. The van der Waals surface area contributed by atoms with Crippen molar-refractivity contribution in [3.05, 3.63) is 102 Å². The Morgan fingerprint density at radius 2 is 1.15 bits per heavy atom. The predicted molar refractivity (Wildman–Crippen MR) is 104 cm³/mol. The van der Waals surface area contributed by atoms with E-state index in [0.29, 0.717) is 11.3 Å². The van der Waals surface area contributed by atoms with E-state index in [2.05, 4.69) is 23.7 Å². The Balaban J connectivity index is 2.10. The van der Waals surface area contributed by atoms with Crippen molar-refractivity contribution in [3.8, 4) is 29.4 Å². The molecular weight excluding hydrogens is 320 g/mol. The largest absolute Gasteiger partial charge is 0.496 e. The lowest BCUT2D eigenvalue weighted by atomic mass is 9.93. The van der Waals surface area contributed by atoms with Crippen molar-refractivity contribution in [2.45, 2.75) is 5.60 Å². The van der Waals surface area contributed by atoms with Gasteiger partial charge in [0.05, 0.1) is 12.7 Å². The fraction of sp³-hybridized carbons (Fsp3) is 0.0833. The minimum atomic E-state index is -1.65. The van der Waals surface area contributed by atoms with Crippen molar-refractivity contribution in [2.24, 2.45) is 0 Å². The first kappa shape index (κ1) is 17.4. The van der Waals surface area contributed by atoms with E-state index in [0.717, 1.165) is 11.1 Å². The fourth-order valence-electron chi connectivity index (χ4n) is 2.48. The Labute approximate surface area is 154 Å². The van der Waals surface area contributed by atoms with Crippen LogP contribution in [0.4, 0.5) is 0 Å². The molecule has 2 heteroatoms. The zero-order chi connectivity index (χ0) is 18.2. The molecule has 0 heterocycles. The Kier molecular flexibility index (Phi) is 5.40. The number of hydrogen-bond donors (Lipinski definition) is 1. The molecule has 0 aliphatic rings. The smallest absolute Gasteiger partial charge is 0.218 e. The van der Waals surface area contributed by atoms with E-state index in [1.165, 1.54) is 0 Å². The molecule has 1 N–H and O–H groups in total. The van der Waals surface area contributed by atoms with E-state index in [-0.39, 0.29) is 0 Å². The molecule has 2 nitrogen and oxygen atoms in total. The van der Waals surface area contributed by atoms with Gasteiger partial charge in [-0.15, -0.1) is 0 Å². The molecule has 0 radical (unpaired) electrons. The molecule has 0 aliphatic carbocycles. The van der Waals surface area contributed by atoms with Crippen molar-refractivity contribution in [2.75, 3.05) is 7.11 Å². The van der Waals surface area contributed by atoms with Crippen LogP contribution in [0.25, 0.3) is 0 Å². The highest BCUT2D eigenvalue weighted by Gasteiger charge is 2.28. The van der Waals surface area contributed by atoms with Crippen LogP contribution in [0, 0.1) is 23.7 Å². The minimum absolute atomic E-state index is 0.523. The van der Waals surface area contributed by atoms with Gasteiger partial charge in [-0.1, -0.05) is 66.4 Å². The highest BCUT2D eigenvalue weighted by atomic mass is 16.5. The zero-order valence-electron chi connectivity index (χ0n) is 14.4. The van der Waals surface area contributed by atoms with Gasteiger partial charge in [0.15, 0.2) is 0 Å². The summed E-state index contributed by atoms with van der Waals surface area (Å²) in [5.41, 5.74) is 0.484. The maximum atomic E-state index is 11.3. The van der Waals surface area contributed by atoms with Gasteiger partial charge in [0.1, 0.15) is 5.75 Å². The summed E-state index contributed by atoms with van der Waals surface area (Å²) in [5, 5.41) is 11.3. The highest BCUT2D eigenvalue weighted by molar-refractivity contribution is 5.52. The predicted octanol–water partition coefficient (Wildman–Crippen LogP) is 3.99. The summed E-state index contributed by atoms with van der Waals surface area (Å²) in [6, 6.07) is 26.3. The van der Waals surface area contributed by atoms with Gasteiger partial charge in [0.2, 0.25) is 5.60 Å². The van der Waals surface area contributed by atoms with Crippen molar-refractivity contribution in [1.29, 1.82) is 0 Å². The van der Waals surface area contributed by atoms with Gasteiger partial charge < -0.3 is 9.84 Å². The molecule has 0 atom stereocenters. The van der Waals surface area contributed by atoms with Crippen LogP contribution in [-0.2, 0) is 5.60 Å². The summed E-state index contributed by atoms with van der Waals surface area (Å²) in [6.45, 7) is 0. The second kappa shape index (κ2) is 8.08. The van der Waals surface area contributed by atoms with Gasteiger partial charge in [-0.3, -0.25) is 0 Å². The Morgan fingerprint density at radius 1 is 0.692 bits per heavy atom. The van der Waals surface area contributed by atoms with Crippen LogP contribution in [0.2, 0.25) is 0 Å². The first-order valence-corrected chi connectivity index (χ1v) is 8.23. The molecule has 0 aliphatic heterocycles. The molecule has 0 aromatic heterocycles. The Morgan fingerprint density at radius 3 is 1.65 bits per heavy atom. The van der Waals surface area contributed by atoms with Crippen LogP contribution >= 0.6 is 0 Å². The average molecular weight is 338 g/mol. The lowest BCUT2D eigenvalue weighted by molar-refractivity contribution is 0.160. The molecular formula is C24H18O2. The Hall–Kier alpha value is -3.46. The number of aliphatic hydroxyl groups is 1. The molecule has 0 amide bonds. The Bertz CT molecular complexity index is 927. The molecule has 3 aromatic carbocycles. The molecule has 0 unspecified atom stereocenters. The van der Waals surface area contributed by atoms with Gasteiger partial charge in [-0.25, -0.2) is 0 Å². The van der Waals surface area contributed by atoms with E-state index in [9.17, 15) is 5.11 Å². The van der Waals surface area contributed by atoms with Crippen molar-refractivity contribution < 1.29 is 9.84 Å². The molecule has 3 rings (SSSR count). The summed E-state index contributed by atoms with van der Waals surface area (Å²) >= 11 is 0. The summed E-state index contributed by atoms with van der Waals surface area (Å²) in [4.78, 5) is 0. The summed E-state index contributed by atoms with van der Waals surface area (Å²) < 4.78 is 5.40. The lowest BCUT2D eigenvalue weighted by Gasteiger charge is -2.19. The number of ether oxygens (including phenoxy) is 1. The third kappa shape index (κ3) is 4.14. The number of rotatable bonds is 2. The minimum Gasteiger partial charge on any atom is -0.496 e. The molecule has 0 saturated carbocycles. The normalized spacial score (nSPS) is 10.1. The standard InChI is InChI=1S/C24H18O2/c1-26-23-15-9-8-14-22(23)24(25,18-16-20-10-4-2-5-11-20)19-17-21-12-6-3-7-13-21/h2-15,25H,1H3. The van der Waals surface area contributed by atoms with E-state index >= 15 is 0 Å². The van der Waals surface area contributed by atoms with Crippen LogP contribution in [0.5, 0.6) is 5.75 Å². The zero-order valence-corrected chi connectivity index (χ0v) is 14.4. The molecule has 0 spiro atoms. The average Bonchev–Trinajstić information content (AvgIpc) is 2.72. The third-order valence-electron chi connectivity index (χ3n) is 3.82. The molecule has 0 bridgehead atoms. The summed E-state index contributed by atoms with van der Waals surface area (Å²) in [6.07, 6.45) is 0. The molecule has 26 heavy (non-hydrogen) atoms. The maximum Gasteiger partial charge on any atom is 0.218 e. The van der Waals surface area contributed by atoms with Gasteiger partial charge >= 0.3 is 0 Å². The molecule has 0 fully saturated rings. The van der Waals surface area contributed by atoms with E-state index in [4.69, 9.17) is 4.74 Å². The lowest BCUT2D eigenvalue weighted by Crippen LogP contribution is -2.22. The fourth-order valence-corrected chi connectivity index (χ4v) is 2.48. The van der Waals surface area contributed by atoms with Crippen LogP contribution in [0.3, 0.4) is 0 Å². The second-order valence-corrected chi connectivity index (χ2v) is 5.64. The number of para-hydroxylation sites is 1. The van der Waals surface area contributed by atoms with Gasteiger partial charge in [0, 0.05) is 11.1 Å².